The van der Waals surface area contributed by atoms with E-state index in [1.54, 1.807) is 13.0 Å². The largest absolute Gasteiger partial charge is 0.399 e. The van der Waals surface area contributed by atoms with E-state index in [0.29, 0.717) is 5.69 Å². The third kappa shape index (κ3) is 2.92. The van der Waals surface area contributed by atoms with Crippen molar-refractivity contribution in [2.24, 2.45) is 0 Å². The summed E-state index contributed by atoms with van der Waals surface area (Å²) in [6.07, 6.45) is 0. The zero-order chi connectivity index (χ0) is 10.1. The van der Waals surface area contributed by atoms with Crippen molar-refractivity contribution in [2.45, 2.75) is 6.92 Å². The molecule has 0 heterocycles. The number of nitrogens with one attached hydrogen (secondary N) is 1. The van der Waals surface area contributed by atoms with Crippen molar-refractivity contribution in [1.29, 1.82) is 0 Å². The fourth-order valence-electron chi connectivity index (χ4n) is 0.888. The van der Waals surface area contributed by atoms with E-state index in [-0.39, 0.29) is 5.69 Å². The Kier molecular flexibility index (Phi) is 2.44. The van der Waals surface area contributed by atoms with Gasteiger partial charge in [0.1, 0.15) is 0 Å². The third-order valence-electron chi connectivity index (χ3n) is 1.52. The van der Waals surface area contributed by atoms with Crippen molar-refractivity contribution in [3.05, 3.63) is 23.8 Å². The molecule has 0 aliphatic carbocycles. The summed E-state index contributed by atoms with van der Waals surface area (Å²) in [6.45, 7) is 1.74. The Balaban J connectivity index is 2.99. The molecule has 1 rings (SSSR count). The Bertz CT molecular complexity index is 414. The molecule has 5 nitrogen and oxygen atoms in total. The van der Waals surface area contributed by atoms with Crippen LogP contribution in [0.3, 0.4) is 0 Å². The first-order valence-corrected chi connectivity index (χ1v) is 4.94. The van der Waals surface area contributed by atoms with Gasteiger partial charge in [-0.2, -0.15) is 8.42 Å². The van der Waals surface area contributed by atoms with Crippen molar-refractivity contribution in [3.8, 4) is 0 Å². The van der Waals surface area contributed by atoms with E-state index < -0.39 is 10.3 Å². The molecule has 0 aromatic heterocycles. The molecule has 1 aromatic carbocycles. The van der Waals surface area contributed by atoms with Crippen molar-refractivity contribution in [1.82, 2.24) is 0 Å². The lowest BCUT2D eigenvalue weighted by Gasteiger charge is -2.04. The van der Waals surface area contributed by atoms with Crippen LogP contribution in [-0.2, 0) is 10.3 Å². The first-order chi connectivity index (χ1) is 5.88. The van der Waals surface area contributed by atoms with Gasteiger partial charge in [-0.3, -0.25) is 9.27 Å². The van der Waals surface area contributed by atoms with Gasteiger partial charge in [-0.25, -0.2) is 0 Å². The maximum absolute atomic E-state index is 10.4. The Morgan fingerprint density at radius 3 is 2.54 bits per heavy atom. The minimum absolute atomic E-state index is 0.286. The van der Waals surface area contributed by atoms with E-state index >= 15 is 0 Å². The summed E-state index contributed by atoms with van der Waals surface area (Å²) in [5.41, 5.74) is 7.11. The Morgan fingerprint density at radius 1 is 1.46 bits per heavy atom. The number of rotatable bonds is 2. The van der Waals surface area contributed by atoms with Gasteiger partial charge in [0.25, 0.3) is 0 Å². The summed E-state index contributed by atoms with van der Waals surface area (Å²) >= 11 is 0. The molecule has 0 amide bonds. The molecule has 4 N–H and O–H groups in total. The molecule has 0 aliphatic rings. The molecular formula is C7H10N2O3S. The fraction of sp³-hybridized carbons (Fsp3) is 0.143. The number of hydrogen-bond donors (Lipinski definition) is 3. The molecule has 0 fully saturated rings. The molecule has 0 atom stereocenters. The van der Waals surface area contributed by atoms with Crippen molar-refractivity contribution in [2.75, 3.05) is 10.5 Å². The van der Waals surface area contributed by atoms with Gasteiger partial charge in [0.05, 0.1) is 5.69 Å². The summed E-state index contributed by atoms with van der Waals surface area (Å²) < 4.78 is 31.2. The lowest BCUT2D eigenvalue weighted by Crippen LogP contribution is -2.10. The van der Waals surface area contributed by atoms with E-state index in [9.17, 15) is 8.42 Å². The van der Waals surface area contributed by atoms with Gasteiger partial charge in [0.15, 0.2) is 0 Å². The molecule has 13 heavy (non-hydrogen) atoms. The van der Waals surface area contributed by atoms with Crippen LogP contribution in [0.15, 0.2) is 18.2 Å². The zero-order valence-corrected chi connectivity index (χ0v) is 7.80. The van der Waals surface area contributed by atoms with Crippen LogP contribution in [0, 0.1) is 6.92 Å². The second-order valence-electron chi connectivity index (χ2n) is 2.65. The highest BCUT2D eigenvalue weighted by molar-refractivity contribution is 7.87. The van der Waals surface area contributed by atoms with Gasteiger partial charge in [0, 0.05) is 5.69 Å². The molecule has 0 bridgehead atoms. The van der Waals surface area contributed by atoms with Crippen LogP contribution in [0.5, 0.6) is 0 Å². The highest BCUT2D eigenvalue weighted by atomic mass is 32.2. The first kappa shape index (κ1) is 9.82. The number of aryl methyl sites for hydroxylation is 1. The quantitative estimate of drug-likeness (QED) is 0.488. The molecule has 0 saturated carbocycles. The van der Waals surface area contributed by atoms with E-state index in [2.05, 4.69) is 0 Å². The van der Waals surface area contributed by atoms with Crippen LogP contribution in [0.4, 0.5) is 11.4 Å². The Hall–Kier alpha value is -1.27. The highest BCUT2D eigenvalue weighted by Crippen LogP contribution is 2.16. The molecule has 0 spiro atoms. The van der Waals surface area contributed by atoms with Crippen LogP contribution in [0.2, 0.25) is 0 Å². The van der Waals surface area contributed by atoms with Crippen LogP contribution in [0.25, 0.3) is 0 Å². The minimum atomic E-state index is -4.20. The lowest BCUT2D eigenvalue weighted by molar-refractivity contribution is 0.490. The standard InChI is InChI=1S/C7H10N2O3S/c1-5-4-6(2-3-7(5)8)9-13(10,11)12/h2-4,9H,8H2,1H3,(H,10,11,12). The molecular weight excluding hydrogens is 192 g/mol. The predicted octanol–water partition coefficient (Wildman–Crippen LogP) is 0.792. The zero-order valence-electron chi connectivity index (χ0n) is 6.98. The fourth-order valence-corrected chi connectivity index (χ4v) is 1.31. The number of nitrogens with two attached hydrogens (primary N) is 1. The number of benzene rings is 1. The van der Waals surface area contributed by atoms with E-state index in [1.807, 2.05) is 4.72 Å². The molecule has 0 radical (unpaired) electrons. The lowest BCUT2D eigenvalue weighted by atomic mass is 10.2. The van der Waals surface area contributed by atoms with E-state index in [1.165, 1.54) is 12.1 Å². The maximum Gasteiger partial charge on any atom is 0.357 e. The average molecular weight is 202 g/mol. The SMILES string of the molecule is Cc1cc(NS(=O)(=O)O)ccc1N. The molecule has 1 aromatic rings. The average Bonchev–Trinajstić information content (AvgIpc) is 1.94. The Morgan fingerprint density at radius 2 is 2.08 bits per heavy atom. The summed E-state index contributed by atoms with van der Waals surface area (Å²) in [6, 6.07) is 4.56. The number of anilines is 2. The number of hydrogen-bond acceptors (Lipinski definition) is 3. The molecule has 0 saturated heterocycles. The van der Waals surface area contributed by atoms with Crippen molar-refractivity contribution < 1.29 is 13.0 Å². The van der Waals surface area contributed by atoms with Gasteiger partial charge in [-0.15, -0.1) is 0 Å². The van der Waals surface area contributed by atoms with Crippen LogP contribution in [0.1, 0.15) is 5.56 Å². The third-order valence-corrected chi connectivity index (χ3v) is 2.01. The highest BCUT2D eigenvalue weighted by Gasteiger charge is 2.04. The molecule has 0 aliphatic heterocycles. The molecule has 6 heteroatoms. The van der Waals surface area contributed by atoms with Gasteiger partial charge in [0.2, 0.25) is 0 Å². The van der Waals surface area contributed by atoms with Crippen LogP contribution in [-0.4, -0.2) is 13.0 Å². The van der Waals surface area contributed by atoms with Crippen molar-refractivity contribution in [3.63, 3.8) is 0 Å². The topological polar surface area (TPSA) is 92.4 Å². The van der Waals surface area contributed by atoms with E-state index in [0.717, 1.165) is 5.56 Å². The minimum Gasteiger partial charge on any atom is -0.399 e. The smallest absolute Gasteiger partial charge is 0.357 e. The second-order valence-corrected chi connectivity index (χ2v) is 3.80. The summed E-state index contributed by atoms with van der Waals surface area (Å²) in [4.78, 5) is 0. The molecule has 72 valence electrons. The normalized spacial score (nSPS) is 11.2. The second kappa shape index (κ2) is 3.23. The Labute approximate surface area is 76.5 Å². The van der Waals surface area contributed by atoms with Gasteiger partial charge < -0.3 is 5.73 Å². The summed E-state index contributed by atoms with van der Waals surface area (Å²) in [7, 11) is -4.20. The van der Waals surface area contributed by atoms with Gasteiger partial charge in [-0.1, -0.05) is 0 Å². The van der Waals surface area contributed by atoms with Crippen LogP contribution < -0.4 is 10.5 Å². The summed E-state index contributed by atoms with van der Waals surface area (Å²) in [5.74, 6) is 0. The molecule has 0 unspecified atom stereocenters. The van der Waals surface area contributed by atoms with Crippen LogP contribution >= 0.6 is 0 Å². The predicted molar refractivity (Wildman–Crippen MR) is 50.8 cm³/mol. The van der Waals surface area contributed by atoms with Gasteiger partial charge in [-0.05, 0) is 30.7 Å². The van der Waals surface area contributed by atoms with Gasteiger partial charge >= 0.3 is 10.3 Å². The number of nitrogen functional groups attached to an aromatic ring is 1. The first-order valence-electron chi connectivity index (χ1n) is 3.50. The summed E-state index contributed by atoms with van der Waals surface area (Å²) in [5, 5.41) is 0. The maximum atomic E-state index is 10.4. The van der Waals surface area contributed by atoms with Crippen molar-refractivity contribution >= 4 is 21.7 Å². The van der Waals surface area contributed by atoms with E-state index in [4.69, 9.17) is 10.3 Å². The monoisotopic (exact) mass is 202 g/mol.